The van der Waals surface area contributed by atoms with Crippen molar-refractivity contribution in [3.05, 3.63) is 96.7 Å². The Morgan fingerprint density at radius 1 is 0.897 bits per heavy atom. The molecule has 0 atom stereocenters. The van der Waals surface area contributed by atoms with Crippen LogP contribution in [0.15, 0.2) is 85.5 Å². The van der Waals surface area contributed by atoms with Crippen molar-refractivity contribution in [3.8, 4) is 16.8 Å². The van der Waals surface area contributed by atoms with E-state index in [1.807, 2.05) is 49.4 Å². The molecule has 0 saturated heterocycles. The molecule has 0 aliphatic heterocycles. The van der Waals surface area contributed by atoms with Gasteiger partial charge in [0.1, 0.15) is 0 Å². The van der Waals surface area contributed by atoms with Crippen molar-refractivity contribution in [3.63, 3.8) is 0 Å². The standard InChI is InChI=1S/C25H22BNO2/c1-3-8-22-23-16-13-19(18-11-14-20(15-12-18)26(28)29)17-25(23)27(24(22)4-2)21-9-6-5-7-10-21/h3-17,28-29H,2H2,1H3/b8-3-. The third-order valence-corrected chi connectivity index (χ3v) is 5.13. The van der Waals surface area contributed by atoms with Gasteiger partial charge in [-0.3, -0.25) is 0 Å². The summed E-state index contributed by atoms with van der Waals surface area (Å²) < 4.78 is 2.23. The van der Waals surface area contributed by atoms with Crippen LogP contribution in [0.3, 0.4) is 0 Å². The van der Waals surface area contributed by atoms with Crippen molar-refractivity contribution in [2.45, 2.75) is 6.92 Å². The molecule has 0 aliphatic rings. The van der Waals surface area contributed by atoms with Crippen LogP contribution in [-0.4, -0.2) is 21.7 Å². The van der Waals surface area contributed by atoms with Crippen molar-refractivity contribution < 1.29 is 10.0 Å². The summed E-state index contributed by atoms with van der Waals surface area (Å²) >= 11 is 0. The molecule has 4 heteroatoms. The van der Waals surface area contributed by atoms with Gasteiger partial charge >= 0.3 is 7.12 Å². The van der Waals surface area contributed by atoms with E-state index >= 15 is 0 Å². The highest BCUT2D eigenvalue weighted by Crippen LogP contribution is 2.34. The maximum absolute atomic E-state index is 9.34. The highest BCUT2D eigenvalue weighted by atomic mass is 16.4. The van der Waals surface area contributed by atoms with Crippen LogP contribution in [0, 0.1) is 0 Å². The minimum atomic E-state index is -1.46. The van der Waals surface area contributed by atoms with Gasteiger partial charge in [-0.05, 0) is 47.8 Å². The number of hydrogen-bond donors (Lipinski definition) is 2. The van der Waals surface area contributed by atoms with Crippen LogP contribution in [0.5, 0.6) is 0 Å². The Labute approximate surface area is 171 Å². The molecule has 2 N–H and O–H groups in total. The lowest BCUT2D eigenvalue weighted by Crippen LogP contribution is -2.29. The van der Waals surface area contributed by atoms with Crippen molar-refractivity contribution in [2.75, 3.05) is 0 Å². The van der Waals surface area contributed by atoms with Crippen molar-refractivity contribution >= 4 is 35.6 Å². The normalized spacial score (nSPS) is 11.3. The topological polar surface area (TPSA) is 45.4 Å². The van der Waals surface area contributed by atoms with Crippen LogP contribution in [0.2, 0.25) is 0 Å². The third-order valence-electron chi connectivity index (χ3n) is 5.13. The van der Waals surface area contributed by atoms with E-state index in [-0.39, 0.29) is 0 Å². The van der Waals surface area contributed by atoms with Crippen LogP contribution in [0.25, 0.3) is 39.9 Å². The van der Waals surface area contributed by atoms with Crippen LogP contribution in [0.4, 0.5) is 0 Å². The lowest BCUT2D eigenvalue weighted by atomic mass is 9.80. The molecule has 3 aromatic carbocycles. The average molecular weight is 379 g/mol. The molecule has 0 radical (unpaired) electrons. The second kappa shape index (κ2) is 7.96. The van der Waals surface area contributed by atoms with E-state index in [9.17, 15) is 10.0 Å². The van der Waals surface area contributed by atoms with E-state index in [4.69, 9.17) is 0 Å². The molecule has 0 spiro atoms. The first-order valence-electron chi connectivity index (χ1n) is 9.59. The molecule has 1 heterocycles. The molecule has 0 saturated carbocycles. The second-order valence-electron chi connectivity index (χ2n) is 6.90. The van der Waals surface area contributed by atoms with Crippen LogP contribution in [-0.2, 0) is 0 Å². The lowest BCUT2D eigenvalue weighted by Gasteiger charge is -2.10. The molecule has 1 aromatic heterocycles. The maximum Gasteiger partial charge on any atom is 0.488 e. The number of rotatable bonds is 5. The number of fused-ring (bicyclic) bond motifs is 1. The minimum Gasteiger partial charge on any atom is -0.423 e. The summed E-state index contributed by atoms with van der Waals surface area (Å²) in [6, 6.07) is 24.0. The summed E-state index contributed by atoms with van der Waals surface area (Å²) in [4.78, 5) is 0. The molecule has 0 fully saturated rings. The zero-order valence-electron chi connectivity index (χ0n) is 16.3. The molecule has 4 rings (SSSR count). The van der Waals surface area contributed by atoms with Gasteiger partial charge in [-0.25, -0.2) is 0 Å². The number of nitrogens with zero attached hydrogens (tertiary/aromatic N) is 1. The highest BCUT2D eigenvalue weighted by molar-refractivity contribution is 6.58. The predicted octanol–water partition coefficient (Wildman–Crippen LogP) is 4.65. The summed E-state index contributed by atoms with van der Waals surface area (Å²) in [6.45, 7) is 6.08. The Morgan fingerprint density at radius 2 is 1.59 bits per heavy atom. The SMILES string of the molecule is C=Cc1c(/C=C\C)c2ccc(-c3ccc(B(O)O)cc3)cc2n1-c1ccccc1. The summed E-state index contributed by atoms with van der Waals surface area (Å²) in [7, 11) is -1.46. The zero-order chi connectivity index (χ0) is 20.4. The Bertz CT molecular complexity index is 1190. The number of benzene rings is 3. The van der Waals surface area contributed by atoms with Gasteiger partial charge in [-0.1, -0.05) is 73.3 Å². The maximum atomic E-state index is 9.34. The monoisotopic (exact) mass is 379 g/mol. The fraction of sp³-hybridized carbons (Fsp3) is 0.0400. The number of allylic oxidation sites excluding steroid dienone is 1. The predicted molar refractivity (Wildman–Crippen MR) is 123 cm³/mol. The first kappa shape index (κ1) is 19.0. The Kier molecular flexibility index (Phi) is 5.21. The highest BCUT2D eigenvalue weighted by Gasteiger charge is 2.16. The summed E-state index contributed by atoms with van der Waals surface area (Å²) in [5.41, 5.74) is 6.94. The quantitative estimate of drug-likeness (QED) is 0.496. The lowest BCUT2D eigenvalue weighted by molar-refractivity contribution is 0.426. The first-order chi connectivity index (χ1) is 14.1. The number of aromatic nitrogens is 1. The Balaban J connectivity index is 1.97. The first-order valence-corrected chi connectivity index (χ1v) is 9.59. The Hall–Kier alpha value is -3.34. The summed E-state index contributed by atoms with van der Waals surface area (Å²) in [5, 5.41) is 19.8. The molecule has 142 valence electrons. The molecule has 3 nitrogen and oxygen atoms in total. The van der Waals surface area contributed by atoms with Gasteiger partial charge in [0.25, 0.3) is 0 Å². The molecule has 29 heavy (non-hydrogen) atoms. The molecule has 4 aromatic rings. The zero-order valence-corrected chi connectivity index (χ0v) is 16.3. The van der Waals surface area contributed by atoms with Crippen LogP contribution in [0.1, 0.15) is 18.2 Å². The fourth-order valence-electron chi connectivity index (χ4n) is 3.76. The second-order valence-corrected chi connectivity index (χ2v) is 6.90. The summed E-state index contributed by atoms with van der Waals surface area (Å²) in [6.07, 6.45) is 6.07. The van der Waals surface area contributed by atoms with Gasteiger partial charge in [0.15, 0.2) is 0 Å². The Morgan fingerprint density at radius 3 is 2.21 bits per heavy atom. The van der Waals surface area contributed by atoms with Gasteiger partial charge in [-0.15, -0.1) is 0 Å². The molecule has 0 amide bonds. The van der Waals surface area contributed by atoms with Gasteiger partial charge in [0.05, 0.1) is 11.2 Å². The number of hydrogen-bond acceptors (Lipinski definition) is 2. The smallest absolute Gasteiger partial charge is 0.423 e. The molecule has 0 bridgehead atoms. The molecular formula is C25H22BNO2. The minimum absolute atomic E-state index is 0.479. The van der Waals surface area contributed by atoms with E-state index in [1.165, 1.54) is 0 Å². The van der Waals surface area contributed by atoms with Crippen molar-refractivity contribution in [1.29, 1.82) is 0 Å². The largest absolute Gasteiger partial charge is 0.488 e. The van der Waals surface area contributed by atoms with Gasteiger partial charge in [-0.2, -0.15) is 0 Å². The molecule has 0 aliphatic carbocycles. The fourth-order valence-corrected chi connectivity index (χ4v) is 3.76. The average Bonchev–Trinajstić information content (AvgIpc) is 3.07. The molecular weight excluding hydrogens is 357 g/mol. The van der Waals surface area contributed by atoms with Crippen LogP contribution >= 0.6 is 0 Å². The van der Waals surface area contributed by atoms with Gasteiger partial charge in [0, 0.05) is 16.6 Å². The van der Waals surface area contributed by atoms with Gasteiger partial charge < -0.3 is 14.6 Å². The van der Waals surface area contributed by atoms with E-state index in [0.29, 0.717) is 5.46 Å². The van der Waals surface area contributed by atoms with Crippen molar-refractivity contribution in [1.82, 2.24) is 4.57 Å². The summed E-state index contributed by atoms with van der Waals surface area (Å²) in [5.74, 6) is 0. The molecule has 0 unspecified atom stereocenters. The number of para-hydroxylation sites is 1. The van der Waals surface area contributed by atoms with E-state index in [1.54, 1.807) is 12.1 Å². The van der Waals surface area contributed by atoms with Crippen LogP contribution < -0.4 is 5.46 Å². The van der Waals surface area contributed by atoms with Gasteiger partial charge in [0.2, 0.25) is 0 Å². The van der Waals surface area contributed by atoms with E-state index < -0.39 is 7.12 Å². The van der Waals surface area contributed by atoms with E-state index in [2.05, 4.69) is 47.6 Å². The van der Waals surface area contributed by atoms with E-state index in [0.717, 1.165) is 39.0 Å². The third kappa shape index (κ3) is 3.44. The van der Waals surface area contributed by atoms with Crippen molar-refractivity contribution in [2.24, 2.45) is 0 Å².